The first-order chi connectivity index (χ1) is 13.2. The number of pyridine rings is 1. The van der Waals surface area contributed by atoms with Crippen LogP contribution < -0.4 is 15.9 Å². The molecule has 5 rings (SSSR count). The normalized spacial score (nSPS) is 18.0. The Bertz CT molecular complexity index is 1100. The van der Waals surface area contributed by atoms with Crippen molar-refractivity contribution in [2.24, 2.45) is 10.7 Å². The second kappa shape index (κ2) is 6.10. The number of nitrogens with two attached hydrogens (primary N) is 1. The van der Waals surface area contributed by atoms with Gasteiger partial charge in [-0.05, 0) is 35.6 Å². The highest BCUT2D eigenvalue weighted by atomic mass is 16.5. The number of hydrogen-bond acceptors (Lipinski definition) is 6. The molecule has 27 heavy (non-hydrogen) atoms. The quantitative estimate of drug-likeness (QED) is 0.754. The fraction of sp³-hybridized carbons (Fsp3) is 0.143. The maximum atomic E-state index is 6.21. The summed E-state index contributed by atoms with van der Waals surface area (Å²) in [4.78, 5) is 8.75. The van der Waals surface area contributed by atoms with E-state index in [4.69, 9.17) is 10.5 Å². The topological polar surface area (TPSA) is 75.8 Å². The maximum absolute atomic E-state index is 6.21. The minimum Gasteiger partial charge on any atom is -0.494 e. The van der Waals surface area contributed by atoms with Gasteiger partial charge in [-0.25, -0.2) is 15.4 Å². The van der Waals surface area contributed by atoms with E-state index in [1.54, 1.807) is 7.11 Å². The number of aliphatic imine (C=N–C) groups is 1. The summed E-state index contributed by atoms with van der Waals surface area (Å²) in [6.45, 7) is 0. The SMILES string of the molecule is COc1cccc2c1N=C(N)N1NC(Cc3cccc4cnccc34)C=C21. The summed E-state index contributed by atoms with van der Waals surface area (Å²) in [6, 6.07) is 14.4. The van der Waals surface area contributed by atoms with Gasteiger partial charge in [0, 0.05) is 23.3 Å². The van der Waals surface area contributed by atoms with E-state index in [1.165, 1.54) is 10.9 Å². The molecule has 0 saturated carbocycles. The second-order valence-corrected chi connectivity index (χ2v) is 6.67. The summed E-state index contributed by atoms with van der Waals surface area (Å²) in [5, 5.41) is 4.23. The first-order valence-electron chi connectivity index (χ1n) is 8.86. The average Bonchev–Trinajstić information content (AvgIpc) is 3.13. The fourth-order valence-electron chi connectivity index (χ4n) is 3.82. The maximum Gasteiger partial charge on any atom is 0.216 e. The highest BCUT2D eigenvalue weighted by Gasteiger charge is 2.32. The Morgan fingerprint density at radius 3 is 2.96 bits per heavy atom. The van der Waals surface area contributed by atoms with Crippen LogP contribution in [0.25, 0.3) is 16.5 Å². The van der Waals surface area contributed by atoms with Crippen molar-refractivity contribution >= 4 is 28.1 Å². The van der Waals surface area contributed by atoms with Crippen molar-refractivity contribution in [1.29, 1.82) is 0 Å². The van der Waals surface area contributed by atoms with E-state index >= 15 is 0 Å². The molecule has 134 valence electrons. The van der Waals surface area contributed by atoms with E-state index in [-0.39, 0.29) is 6.04 Å². The molecule has 6 nitrogen and oxygen atoms in total. The third kappa shape index (κ3) is 2.53. The number of methoxy groups -OCH3 is 1. The molecule has 0 bridgehead atoms. The minimum atomic E-state index is 0.115. The molecule has 0 amide bonds. The Labute approximate surface area is 157 Å². The zero-order valence-electron chi connectivity index (χ0n) is 14.9. The van der Waals surface area contributed by atoms with E-state index in [0.29, 0.717) is 5.96 Å². The molecule has 0 saturated heterocycles. The molecule has 1 atom stereocenters. The van der Waals surface area contributed by atoms with Gasteiger partial charge in [0.25, 0.3) is 0 Å². The summed E-state index contributed by atoms with van der Waals surface area (Å²) < 4.78 is 5.45. The lowest BCUT2D eigenvalue weighted by Crippen LogP contribution is -2.46. The predicted molar refractivity (Wildman–Crippen MR) is 106 cm³/mol. The van der Waals surface area contributed by atoms with Crippen LogP contribution in [0.1, 0.15) is 11.1 Å². The van der Waals surface area contributed by atoms with Crippen molar-refractivity contribution in [3.05, 3.63) is 72.1 Å². The highest BCUT2D eigenvalue weighted by Crippen LogP contribution is 2.41. The number of guanidine groups is 1. The first-order valence-corrected chi connectivity index (χ1v) is 8.86. The van der Waals surface area contributed by atoms with Gasteiger partial charge in [-0.2, -0.15) is 0 Å². The smallest absolute Gasteiger partial charge is 0.216 e. The highest BCUT2D eigenvalue weighted by molar-refractivity contribution is 5.98. The van der Waals surface area contributed by atoms with E-state index in [9.17, 15) is 0 Å². The number of benzene rings is 2. The lowest BCUT2D eigenvalue weighted by molar-refractivity contribution is 0.402. The predicted octanol–water partition coefficient (Wildman–Crippen LogP) is 2.98. The molecule has 0 fully saturated rings. The molecule has 3 N–H and O–H groups in total. The van der Waals surface area contributed by atoms with Gasteiger partial charge in [0.2, 0.25) is 5.96 Å². The lowest BCUT2D eigenvalue weighted by atomic mass is 9.99. The van der Waals surface area contributed by atoms with Crippen LogP contribution in [0.15, 0.2) is 65.9 Å². The molecule has 2 aliphatic heterocycles. The number of aromatic nitrogens is 1. The fourth-order valence-corrected chi connectivity index (χ4v) is 3.82. The summed E-state index contributed by atoms with van der Waals surface area (Å²) in [7, 11) is 1.65. The summed E-state index contributed by atoms with van der Waals surface area (Å²) in [5.41, 5.74) is 13.8. The van der Waals surface area contributed by atoms with Crippen LogP contribution in [0.2, 0.25) is 0 Å². The van der Waals surface area contributed by atoms with Crippen LogP contribution in [-0.4, -0.2) is 29.1 Å². The summed E-state index contributed by atoms with van der Waals surface area (Å²) in [6.07, 6.45) is 6.78. The standard InChI is InChI=1S/C21H19N5O/c1-27-19-7-3-6-17-18-11-15(25-26(18)21(22)24-20(17)19)10-13-4-2-5-14-12-23-9-8-16(13)14/h2-9,11-12,15,25H,10H2,1H3,(H2,22,24). The van der Waals surface area contributed by atoms with Crippen molar-refractivity contribution in [2.75, 3.05) is 7.11 Å². The van der Waals surface area contributed by atoms with Crippen molar-refractivity contribution in [1.82, 2.24) is 15.4 Å². The van der Waals surface area contributed by atoms with E-state index in [2.05, 4.69) is 45.7 Å². The van der Waals surface area contributed by atoms with Gasteiger partial charge in [-0.15, -0.1) is 0 Å². The largest absolute Gasteiger partial charge is 0.494 e. The summed E-state index contributed by atoms with van der Waals surface area (Å²) in [5.74, 6) is 1.14. The van der Waals surface area contributed by atoms with Crippen LogP contribution in [0.3, 0.4) is 0 Å². The molecule has 6 heteroatoms. The van der Waals surface area contributed by atoms with E-state index < -0.39 is 0 Å². The molecular weight excluding hydrogens is 338 g/mol. The van der Waals surface area contributed by atoms with Crippen LogP contribution in [0, 0.1) is 0 Å². The van der Waals surface area contributed by atoms with Crippen molar-refractivity contribution in [3.63, 3.8) is 0 Å². The van der Waals surface area contributed by atoms with Crippen LogP contribution in [0.5, 0.6) is 5.75 Å². The van der Waals surface area contributed by atoms with Crippen molar-refractivity contribution in [2.45, 2.75) is 12.5 Å². The van der Waals surface area contributed by atoms with Crippen LogP contribution in [-0.2, 0) is 6.42 Å². The molecule has 0 radical (unpaired) electrons. The number of hydrazine groups is 1. The van der Waals surface area contributed by atoms with Gasteiger partial charge < -0.3 is 10.5 Å². The third-order valence-corrected chi connectivity index (χ3v) is 5.06. The molecule has 3 heterocycles. The van der Waals surface area contributed by atoms with Gasteiger partial charge in [0.1, 0.15) is 11.4 Å². The zero-order valence-corrected chi connectivity index (χ0v) is 14.9. The molecule has 2 aromatic carbocycles. The molecule has 2 aliphatic rings. The zero-order chi connectivity index (χ0) is 18.4. The van der Waals surface area contributed by atoms with E-state index in [1.807, 2.05) is 35.6 Å². The Hall–Kier alpha value is -3.38. The Morgan fingerprint density at radius 1 is 1.19 bits per heavy atom. The van der Waals surface area contributed by atoms with Crippen LogP contribution >= 0.6 is 0 Å². The second-order valence-electron chi connectivity index (χ2n) is 6.67. The van der Waals surface area contributed by atoms with Crippen molar-refractivity contribution in [3.8, 4) is 5.75 Å². The van der Waals surface area contributed by atoms with Gasteiger partial charge >= 0.3 is 0 Å². The Morgan fingerprint density at radius 2 is 2.07 bits per heavy atom. The average molecular weight is 357 g/mol. The molecule has 3 aromatic rings. The number of nitrogens with one attached hydrogen (secondary N) is 1. The van der Waals surface area contributed by atoms with Gasteiger partial charge in [-0.3, -0.25) is 4.98 Å². The number of nitrogens with zero attached hydrogens (tertiary/aromatic N) is 3. The summed E-state index contributed by atoms with van der Waals surface area (Å²) >= 11 is 0. The number of hydrogen-bond donors (Lipinski definition) is 2. The minimum absolute atomic E-state index is 0.115. The monoisotopic (exact) mass is 357 g/mol. The molecule has 1 unspecified atom stereocenters. The van der Waals surface area contributed by atoms with Crippen molar-refractivity contribution < 1.29 is 4.74 Å². The van der Waals surface area contributed by atoms with Crippen LogP contribution in [0.4, 0.5) is 5.69 Å². The Balaban J connectivity index is 1.53. The molecule has 1 aromatic heterocycles. The van der Waals surface area contributed by atoms with Gasteiger partial charge in [0.05, 0.1) is 18.8 Å². The number of rotatable bonds is 3. The number of para-hydroxylation sites is 1. The van der Waals surface area contributed by atoms with Gasteiger partial charge in [0.15, 0.2) is 0 Å². The van der Waals surface area contributed by atoms with Gasteiger partial charge in [-0.1, -0.05) is 30.3 Å². The third-order valence-electron chi connectivity index (χ3n) is 5.06. The number of fused-ring (bicyclic) bond motifs is 4. The number of ether oxygens (including phenoxy) is 1. The first kappa shape index (κ1) is 15.8. The van der Waals surface area contributed by atoms with E-state index in [0.717, 1.165) is 34.5 Å². The lowest BCUT2D eigenvalue weighted by Gasteiger charge is -2.28. The molecular formula is C21H19N5O. The Kier molecular flexibility index (Phi) is 3.58. The molecule has 0 spiro atoms. The molecule has 0 aliphatic carbocycles.